The van der Waals surface area contributed by atoms with Crippen LogP contribution in [0.1, 0.15) is 64.7 Å². The number of carbonyl (C=O) groups excluding carboxylic acids is 2. The lowest BCUT2D eigenvalue weighted by Crippen LogP contribution is -2.61. The average Bonchev–Trinajstić information content (AvgIpc) is 3.12. The molecule has 0 spiro atoms. The van der Waals surface area contributed by atoms with Gasteiger partial charge in [0.25, 0.3) is 0 Å². The molecule has 1 saturated heterocycles. The van der Waals surface area contributed by atoms with E-state index < -0.39 is 0 Å². The number of carbonyl (C=O) groups is 2. The average molecular weight is 377 g/mol. The summed E-state index contributed by atoms with van der Waals surface area (Å²) in [5.41, 5.74) is 0.0343. The third kappa shape index (κ3) is 4.25. The van der Waals surface area contributed by atoms with Crippen LogP contribution in [0.4, 0.5) is 4.79 Å². The van der Waals surface area contributed by atoms with Crippen LogP contribution >= 0.6 is 0 Å². The Labute approximate surface area is 163 Å². The molecule has 3 N–H and O–H groups in total. The number of nitrogens with zero attached hydrogens (tertiary/aromatic N) is 1. The molecule has 0 aromatic rings. The Morgan fingerprint density at radius 1 is 1.11 bits per heavy atom. The first-order chi connectivity index (χ1) is 13.1. The summed E-state index contributed by atoms with van der Waals surface area (Å²) in [6, 6.07) is 0.243. The Bertz CT molecular complexity index is 523. The highest BCUT2D eigenvalue weighted by Crippen LogP contribution is 2.55. The van der Waals surface area contributed by atoms with E-state index in [0.717, 1.165) is 69.5 Å². The normalized spacial score (nSPS) is 36.6. The molecule has 152 valence electrons. The molecule has 1 atom stereocenters. The molecule has 4 bridgehead atoms. The predicted molar refractivity (Wildman–Crippen MR) is 105 cm³/mol. The summed E-state index contributed by atoms with van der Waals surface area (Å²) in [4.78, 5) is 27.2. The van der Waals surface area contributed by atoms with Crippen molar-refractivity contribution in [2.45, 2.75) is 76.3 Å². The molecule has 1 heterocycles. The van der Waals surface area contributed by atoms with Gasteiger partial charge in [0, 0.05) is 37.6 Å². The first kappa shape index (κ1) is 19.0. The van der Waals surface area contributed by atoms with Crippen LogP contribution in [0.2, 0.25) is 0 Å². The lowest BCUT2D eigenvalue weighted by atomic mass is 9.53. The van der Waals surface area contributed by atoms with Gasteiger partial charge in [0.15, 0.2) is 0 Å². The van der Waals surface area contributed by atoms with E-state index in [1.165, 1.54) is 19.3 Å². The molecule has 4 aliphatic carbocycles. The number of hydrogen-bond acceptors (Lipinski definition) is 3. The van der Waals surface area contributed by atoms with Gasteiger partial charge in [-0.3, -0.25) is 4.79 Å². The first-order valence-corrected chi connectivity index (χ1v) is 11.1. The second-order valence-electron chi connectivity index (χ2n) is 9.56. The van der Waals surface area contributed by atoms with Crippen LogP contribution in [-0.2, 0) is 4.79 Å². The summed E-state index contributed by atoms with van der Waals surface area (Å²) < 4.78 is 0. The standard InChI is InChI=1S/C21H36N4O2/c1-2-7-25(18-3-5-22-14-18)19(26)4-6-23-20(27)24-21-11-15-8-16(12-21)10-17(9-15)13-21/h15-18,22H,2-14H2,1H3,(H2,23,24,27). The van der Waals surface area contributed by atoms with Gasteiger partial charge in [0.05, 0.1) is 0 Å². The van der Waals surface area contributed by atoms with Gasteiger partial charge in [0.1, 0.15) is 0 Å². The Hall–Kier alpha value is -1.30. The molecule has 5 rings (SSSR count). The van der Waals surface area contributed by atoms with E-state index in [1.54, 1.807) is 0 Å². The molecule has 5 fully saturated rings. The fourth-order valence-corrected chi connectivity index (χ4v) is 6.63. The second-order valence-corrected chi connectivity index (χ2v) is 9.56. The van der Waals surface area contributed by atoms with E-state index in [9.17, 15) is 9.59 Å². The van der Waals surface area contributed by atoms with E-state index in [0.29, 0.717) is 19.0 Å². The molecule has 1 aliphatic heterocycles. The fraction of sp³-hybridized carbons (Fsp3) is 0.905. The summed E-state index contributed by atoms with van der Waals surface area (Å²) in [5.74, 6) is 2.63. The molecule has 4 saturated carbocycles. The van der Waals surface area contributed by atoms with Crippen molar-refractivity contribution < 1.29 is 9.59 Å². The van der Waals surface area contributed by atoms with Crippen molar-refractivity contribution >= 4 is 11.9 Å². The summed E-state index contributed by atoms with van der Waals surface area (Å²) in [6.07, 6.45) is 10.00. The monoisotopic (exact) mass is 376 g/mol. The van der Waals surface area contributed by atoms with Gasteiger partial charge >= 0.3 is 6.03 Å². The number of rotatable bonds is 7. The van der Waals surface area contributed by atoms with Gasteiger partial charge in [-0.25, -0.2) is 4.79 Å². The van der Waals surface area contributed by atoms with Gasteiger partial charge in [-0.2, -0.15) is 0 Å². The Morgan fingerprint density at radius 3 is 2.33 bits per heavy atom. The van der Waals surface area contributed by atoms with Crippen molar-refractivity contribution in [3.05, 3.63) is 0 Å². The predicted octanol–water partition coefficient (Wildman–Crippen LogP) is 2.25. The smallest absolute Gasteiger partial charge is 0.315 e. The minimum Gasteiger partial charge on any atom is -0.338 e. The van der Waals surface area contributed by atoms with Crippen LogP contribution in [-0.4, -0.2) is 54.6 Å². The van der Waals surface area contributed by atoms with Crippen LogP contribution in [0.5, 0.6) is 0 Å². The molecule has 6 heteroatoms. The van der Waals surface area contributed by atoms with Crippen LogP contribution in [0, 0.1) is 17.8 Å². The maximum Gasteiger partial charge on any atom is 0.315 e. The zero-order valence-corrected chi connectivity index (χ0v) is 16.8. The molecular weight excluding hydrogens is 340 g/mol. The van der Waals surface area contributed by atoms with Crippen LogP contribution in [0.25, 0.3) is 0 Å². The third-order valence-corrected chi connectivity index (χ3v) is 7.30. The largest absolute Gasteiger partial charge is 0.338 e. The Balaban J connectivity index is 1.23. The molecule has 27 heavy (non-hydrogen) atoms. The Morgan fingerprint density at radius 2 is 1.78 bits per heavy atom. The van der Waals surface area contributed by atoms with Gasteiger partial charge in [-0.05, 0) is 75.7 Å². The lowest BCUT2D eigenvalue weighted by Gasteiger charge is -2.56. The fourth-order valence-electron chi connectivity index (χ4n) is 6.63. The topological polar surface area (TPSA) is 73.5 Å². The van der Waals surface area contributed by atoms with Crippen LogP contribution in [0.3, 0.4) is 0 Å². The van der Waals surface area contributed by atoms with E-state index in [-0.39, 0.29) is 17.5 Å². The van der Waals surface area contributed by atoms with E-state index >= 15 is 0 Å². The van der Waals surface area contributed by atoms with Gasteiger partial charge in [0.2, 0.25) is 5.91 Å². The van der Waals surface area contributed by atoms with Crippen molar-refractivity contribution in [3.8, 4) is 0 Å². The first-order valence-electron chi connectivity index (χ1n) is 11.1. The maximum atomic E-state index is 12.6. The van der Waals surface area contributed by atoms with Crippen molar-refractivity contribution in [1.29, 1.82) is 0 Å². The number of hydrogen-bond donors (Lipinski definition) is 3. The molecular formula is C21H36N4O2. The van der Waals surface area contributed by atoms with E-state index in [2.05, 4.69) is 22.9 Å². The molecule has 0 aromatic heterocycles. The molecule has 1 unspecified atom stereocenters. The van der Waals surface area contributed by atoms with Crippen molar-refractivity contribution in [3.63, 3.8) is 0 Å². The zero-order chi connectivity index (χ0) is 18.9. The van der Waals surface area contributed by atoms with Crippen molar-refractivity contribution in [2.24, 2.45) is 17.8 Å². The Kier molecular flexibility index (Phi) is 5.62. The summed E-state index contributed by atoms with van der Waals surface area (Å²) in [6.45, 7) is 5.23. The quantitative estimate of drug-likeness (QED) is 0.638. The highest BCUT2D eigenvalue weighted by atomic mass is 16.2. The third-order valence-electron chi connectivity index (χ3n) is 7.30. The SMILES string of the molecule is CCCN(C(=O)CCNC(=O)NC12CC3CC(CC(C3)C1)C2)C1CCNC1. The summed E-state index contributed by atoms with van der Waals surface area (Å²) >= 11 is 0. The molecule has 6 nitrogen and oxygen atoms in total. The number of nitrogens with one attached hydrogen (secondary N) is 3. The highest BCUT2D eigenvalue weighted by Gasteiger charge is 2.51. The molecule has 0 aromatic carbocycles. The van der Waals surface area contributed by atoms with E-state index in [4.69, 9.17) is 0 Å². The van der Waals surface area contributed by atoms with Gasteiger partial charge < -0.3 is 20.9 Å². The lowest BCUT2D eigenvalue weighted by molar-refractivity contribution is -0.133. The number of urea groups is 1. The van der Waals surface area contributed by atoms with Gasteiger partial charge in [-0.1, -0.05) is 6.92 Å². The molecule has 3 amide bonds. The number of amides is 3. The highest BCUT2D eigenvalue weighted by molar-refractivity contribution is 5.79. The minimum atomic E-state index is -0.0747. The minimum absolute atomic E-state index is 0.0343. The van der Waals surface area contributed by atoms with Crippen molar-refractivity contribution in [1.82, 2.24) is 20.9 Å². The maximum absolute atomic E-state index is 12.6. The van der Waals surface area contributed by atoms with E-state index in [1.807, 2.05) is 4.90 Å². The summed E-state index contributed by atoms with van der Waals surface area (Å²) in [7, 11) is 0. The summed E-state index contributed by atoms with van der Waals surface area (Å²) in [5, 5.41) is 9.62. The van der Waals surface area contributed by atoms with Gasteiger partial charge in [-0.15, -0.1) is 0 Å². The second kappa shape index (κ2) is 7.98. The van der Waals surface area contributed by atoms with Crippen LogP contribution < -0.4 is 16.0 Å². The molecule has 5 aliphatic rings. The van der Waals surface area contributed by atoms with Crippen LogP contribution in [0.15, 0.2) is 0 Å². The van der Waals surface area contributed by atoms with Crippen molar-refractivity contribution in [2.75, 3.05) is 26.2 Å². The molecule has 0 radical (unpaired) electrons. The zero-order valence-electron chi connectivity index (χ0n) is 16.8.